The molecule has 0 unspecified atom stereocenters. The van der Waals surface area contributed by atoms with E-state index in [1.807, 2.05) is 0 Å². The molecule has 0 bridgehead atoms. The topological polar surface area (TPSA) is 88.8 Å². The van der Waals surface area contributed by atoms with Gasteiger partial charge in [0, 0.05) is 6.20 Å². The van der Waals surface area contributed by atoms with Crippen LogP contribution < -0.4 is 11.5 Å². The molecule has 0 aliphatic rings. The highest BCUT2D eigenvalue weighted by atomic mass is 35.5. The SMILES string of the molecule is Cl.N=C(N)c1ncccc1N. The number of nitrogens with two attached hydrogens (primary N) is 2. The second-order valence-electron chi connectivity index (χ2n) is 1.85. The summed E-state index contributed by atoms with van der Waals surface area (Å²) in [5.41, 5.74) is 11.4. The lowest BCUT2D eigenvalue weighted by molar-refractivity contribution is 1.26. The summed E-state index contributed by atoms with van der Waals surface area (Å²) in [5, 5.41) is 7.01. The molecule has 0 atom stereocenters. The van der Waals surface area contributed by atoms with Crippen LogP contribution in [0.1, 0.15) is 5.69 Å². The number of anilines is 1. The number of halogens is 1. The fourth-order valence-corrected chi connectivity index (χ4v) is 0.643. The zero-order valence-corrected chi connectivity index (χ0v) is 6.56. The third-order valence-corrected chi connectivity index (χ3v) is 1.09. The van der Waals surface area contributed by atoms with Gasteiger partial charge in [0.2, 0.25) is 0 Å². The van der Waals surface area contributed by atoms with E-state index in [2.05, 4.69) is 4.98 Å². The van der Waals surface area contributed by atoms with E-state index in [0.717, 1.165) is 0 Å². The largest absolute Gasteiger partial charge is 0.397 e. The highest BCUT2D eigenvalue weighted by Crippen LogP contribution is 2.04. The van der Waals surface area contributed by atoms with Crippen molar-refractivity contribution in [3.63, 3.8) is 0 Å². The Labute approximate surface area is 70.5 Å². The van der Waals surface area contributed by atoms with Crippen molar-refractivity contribution in [3.8, 4) is 0 Å². The van der Waals surface area contributed by atoms with E-state index in [1.165, 1.54) is 0 Å². The fraction of sp³-hybridized carbons (Fsp3) is 0. The maximum absolute atomic E-state index is 7.01. The summed E-state index contributed by atoms with van der Waals surface area (Å²) in [7, 11) is 0. The van der Waals surface area contributed by atoms with Crippen LogP contribution in [0.2, 0.25) is 0 Å². The van der Waals surface area contributed by atoms with Crippen LogP contribution in [0.3, 0.4) is 0 Å². The Morgan fingerprint density at radius 1 is 1.55 bits per heavy atom. The van der Waals surface area contributed by atoms with Crippen LogP contribution in [0, 0.1) is 5.41 Å². The molecule has 0 saturated heterocycles. The first-order chi connectivity index (χ1) is 4.72. The van der Waals surface area contributed by atoms with Gasteiger partial charge in [0.25, 0.3) is 0 Å². The molecular weight excluding hydrogens is 164 g/mol. The van der Waals surface area contributed by atoms with Gasteiger partial charge in [0.15, 0.2) is 0 Å². The molecule has 0 fully saturated rings. The number of hydrogen-bond donors (Lipinski definition) is 3. The van der Waals surface area contributed by atoms with Gasteiger partial charge in [-0.1, -0.05) is 0 Å². The Morgan fingerprint density at radius 3 is 2.55 bits per heavy atom. The van der Waals surface area contributed by atoms with Crippen LogP contribution in [0.25, 0.3) is 0 Å². The van der Waals surface area contributed by atoms with E-state index in [-0.39, 0.29) is 18.2 Å². The maximum Gasteiger partial charge on any atom is 0.143 e. The van der Waals surface area contributed by atoms with Crippen molar-refractivity contribution in [1.29, 1.82) is 5.41 Å². The number of hydrogen-bond acceptors (Lipinski definition) is 3. The molecule has 5 heteroatoms. The van der Waals surface area contributed by atoms with Crippen molar-refractivity contribution in [3.05, 3.63) is 24.0 Å². The molecule has 1 rings (SSSR count). The lowest BCUT2D eigenvalue weighted by atomic mass is 10.3. The molecule has 0 aliphatic carbocycles. The van der Waals surface area contributed by atoms with Gasteiger partial charge in [-0.3, -0.25) is 10.4 Å². The summed E-state index contributed by atoms with van der Waals surface area (Å²) in [4.78, 5) is 3.80. The number of nitrogens with one attached hydrogen (secondary N) is 1. The van der Waals surface area contributed by atoms with Gasteiger partial charge in [-0.25, -0.2) is 0 Å². The van der Waals surface area contributed by atoms with Gasteiger partial charge in [-0.05, 0) is 12.1 Å². The Morgan fingerprint density at radius 2 is 2.18 bits per heavy atom. The van der Waals surface area contributed by atoms with E-state index in [1.54, 1.807) is 18.3 Å². The first-order valence-corrected chi connectivity index (χ1v) is 2.76. The minimum Gasteiger partial charge on any atom is -0.397 e. The Balaban J connectivity index is 0.000001000. The Hall–Kier alpha value is -1.29. The van der Waals surface area contributed by atoms with Crippen molar-refractivity contribution in [1.82, 2.24) is 4.98 Å². The maximum atomic E-state index is 7.01. The van der Waals surface area contributed by atoms with E-state index in [9.17, 15) is 0 Å². The van der Waals surface area contributed by atoms with Crippen LogP contribution in [0.15, 0.2) is 18.3 Å². The molecule has 5 N–H and O–H groups in total. The third kappa shape index (κ3) is 2.09. The van der Waals surface area contributed by atoms with Crippen LogP contribution >= 0.6 is 12.4 Å². The van der Waals surface area contributed by atoms with E-state index >= 15 is 0 Å². The third-order valence-electron chi connectivity index (χ3n) is 1.09. The lowest BCUT2D eigenvalue weighted by Crippen LogP contribution is -2.15. The number of rotatable bonds is 1. The minimum absolute atomic E-state index is 0. The van der Waals surface area contributed by atoms with Gasteiger partial charge >= 0.3 is 0 Å². The molecule has 1 heterocycles. The Bertz CT molecular complexity index is 261. The zero-order valence-electron chi connectivity index (χ0n) is 5.74. The molecule has 1 aromatic rings. The van der Waals surface area contributed by atoms with E-state index < -0.39 is 0 Å². The summed E-state index contributed by atoms with van der Waals surface area (Å²) in [6.45, 7) is 0. The predicted molar refractivity (Wildman–Crippen MR) is 46.9 cm³/mol. The fourth-order valence-electron chi connectivity index (χ4n) is 0.643. The number of nitrogen functional groups attached to an aromatic ring is 2. The molecular formula is C6H9ClN4. The molecule has 0 amide bonds. The molecule has 11 heavy (non-hydrogen) atoms. The molecule has 0 aromatic carbocycles. The monoisotopic (exact) mass is 172 g/mol. The van der Waals surface area contributed by atoms with Crippen molar-refractivity contribution >= 4 is 23.9 Å². The van der Waals surface area contributed by atoms with E-state index in [0.29, 0.717) is 11.4 Å². The van der Waals surface area contributed by atoms with Gasteiger partial charge in [0.05, 0.1) is 5.69 Å². The Kier molecular flexibility index (Phi) is 3.33. The second kappa shape index (κ2) is 3.78. The summed E-state index contributed by atoms with van der Waals surface area (Å²) in [6, 6.07) is 3.35. The first-order valence-electron chi connectivity index (χ1n) is 2.76. The molecule has 1 aromatic heterocycles. The normalized spacial score (nSPS) is 8.36. The number of aromatic nitrogens is 1. The van der Waals surface area contributed by atoms with Crippen molar-refractivity contribution in [2.45, 2.75) is 0 Å². The molecule has 0 aliphatic heterocycles. The summed E-state index contributed by atoms with van der Waals surface area (Å²) < 4.78 is 0. The first kappa shape index (κ1) is 9.71. The number of pyridine rings is 1. The highest BCUT2D eigenvalue weighted by Gasteiger charge is 1.99. The van der Waals surface area contributed by atoms with Gasteiger partial charge < -0.3 is 11.5 Å². The average Bonchev–Trinajstić information content (AvgIpc) is 1.88. The van der Waals surface area contributed by atoms with Gasteiger partial charge in [-0.2, -0.15) is 0 Å². The second-order valence-corrected chi connectivity index (χ2v) is 1.85. The quantitative estimate of drug-likeness (QED) is 0.422. The van der Waals surface area contributed by atoms with Crippen molar-refractivity contribution in [2.75, 3.05) is 5.73 Å². The minimum atomic E-state index is -0.0990. The summed E-state index contributed by atoms with van der Waals surface area (Å²) >= 11 is 0. The standard InChI is InChI=1S/C6H8N4.ClH/c7-4-2-1-3-10-5(4)6(8)9;/h1-3H,7H2,(H3,8,9);1H. The van der Waals surface area contributed by atoms with Crippen molar-refractivity contribution in [2.24, 2.45) is 5.73 Å². The van der Waals surface area contributed by atoms with Crippen LogP contribution in [-0.4, -0.2) is 10.8 Å². The van der Waals surface area contributed by atoms with E-state index in [4.69, 9.17) is 16.9 Å². The average molecular weight is 173 g/mol. The molecule has 60 valence electrons. The molecule has 0 spiro atoms. The smallest absolute Gasteiger partial charge is 0.143 e. The zero-order chi connectivity index (χ0) is 7.56. The van der Waals surface area contributed by atoms with Crippen LogP contribution in [-0.2, 0) is 0 Å². The number of amidine groups is 1. The molecule has 0 radical (unpaired) electrons. The number of nitrogens with zero attached hydrogens (tertiary/aromatic N) is 1. The molecule has 4 nitrogen and oxygen atoms in total. The predicted octanol–water partition coefficient (Wildman–Crippen LogP) is 0.370. The highest BCUT2D eigenvalue weighted by molar-refractivity contribution is 5.97. The summed E-state index contributed by atoms with van der Waals surface area (Å²) in [5.74, 6) is -0.0990. The van der Waals surface area contributed by atoms with Crippen molar-refractivity contribution < 1.29 is 0 Å². The van der Waals surface area contributed by atoms with Gasteiger partial charge in [0.1, 0.15) is 11.5 Å². The van der Waals surface area contributed by atoms with Crippen LogP contribution in [0.5, 0.6) is 0 Å². The molecule has 0 saturated carbocycles. The lowest BCUT2D eigenvalue weighted by Gasteiger charge is -1.98. The van der Waals surface area contributed by atoms with Crippen LogP contribution in [0.4, 0.5) is 5.69 Å². The van der Waals surface area contributed by atoms with Gasteiger partial charge in [-0.15, -0.1) is 12.4 Å². The summed E-state index contributed by atoms with van der Waals surface area (Å²) in [6.07, 6.45) is 1.55.